The molecule has 1 amide bonds. The predicted molar refractivity (Wildman–Crippen MR) is 115 cm³/mol. The molecule has 0 aliphatic carbocycles. The molecule has 3 aromatic rings. The average Bonchev–Trinajstić information content (AvgIpc) is 2.69. The lowest BCUT2D eigenvalue weighted by Crippen LogP contribution is -2.35. The summed E-state index contributed by atoms with van der Waals surface area (Å²) in [6.07, 6.45) is 4.23. The van der Waals surface area contributed by atoms with Crippen LogP contribution in [0, 0.1) is 6.92 Å². The largest absolute Gasteiger partial charge is 0.369 e. The highest BCUT2D eigenvalue weighted by Crippen LogP contribution is 2.30. The molecule has 0 bridgehead atoms. The van der Waals surface area contributed by atoms with Crippen molar-refractivity contribution in [2.45, 2.75) is 19.4 Å². The minimum atomic E-state index is -0.572. The fraction of sp³-hybridized carbons (Fsp3) is 0.182. The predicted octanol–water partition coefficient (Wildman–Crippen LogP) is 5.21. The first kappa shape index (κ1) is 20.2. The van der Waals surface area contributed by atoms with Crippen LogP contribution in [0.4, 0.5) is 5.69 Å². The molecule has 0 unspecified atom stereocenters. The minimum Gasteiger partial charge on any atom is -0.369 e. The summed E-state index contributed by atoms with van der Waals surface area (Å²) >= 11 is 12.3. The minimum absolute atomic E-state index is 0.116. The van der Waals surface area contributed by atoms with Crippen molar-refractivity contribution in [3.8, 4) is 0 Å². The Morgan fingerprint density at radius 2 is 1.82 bits per heavy atom. The maximum atomic E-state index is 13.0. The van der Waals surface area contributed by atoms with Crippen LogP contribution in [-0.2, 0) is 11.2 Å². The summed E-state index contributed by atoms with van der Waals surface area (Å²) in [5, 5.41) is 7.30. The third-order valence-electron chi connectivity index (χ3n) is 4.45. The number of hydrogen-bond donors (Lipinski definition) is 2. The number of nitrogens with one attached hydrogen (secondary N) is 2. The number of carbonyl (C=O) groups is 1. The summed E-state index contributed by atoms with van der Waals surface area (Å²) in [7, 11) is 0. The van der Waals surface area contributed by atoms with Gasteiger partial charge in [-0.3, -0.25) is 9.78 Å². The van der Waals surface area contributed by atoms with Crippen molar-refractivity contribution in [2.75, 3.05) is 11.9 Å². The zero-order valence-electron chi connectivity index (χ0n) is 15.5. The van der Waals surface area contributed by atoms with Crippen LogP contribution in [-0.4, -0.2) is 17.4 Å². The third-order valence-corrected chi connectivity index (χ3v) is 5.00. The number of aryl methyl sites for hydroxylation is 1. The van der Waals surface area contributed by atoms with Gasteiger partial charge in [-0.2, -0.15) is 0 Å². The lowest BCUT2D eigenvalue weighted by atomic mass is 10.00. The van der Waals surface area contributed by atoms with Crippen LogP contribution in [0.3, 0.4) is 0 Å². The van der Waals surface area contributed by atoms with Gasteiger partial charge in [-0.05, 0) is 60.4 Å². The molecular formula is C22H21Cl2N3O. The van der Waals surface area contributed by atoms with Crippen molar-refractivity contribution in [2.24, 2.45) is 0 Å². The number of halogens is 2. The van der Waals surface area contributed by atoms with Gasteiger partial charge in [0.15, 0.2) is 0 Å². The van der Waals surface area contributed by atoms with Crippen LogP contribution in [0.25, 0.3) is 0 Å². The van der Waals surface area contributed by atoms with Gasteiger partial charge in [-0.15, -0.1) is 0 Å². The van der Waals surface area contributed by atoms with E-state index in [-0.39, 0.29) is 5.91 Å². The molecule has 0 saturated carbocycles. The highest BCUT2D eigenvalue weighted by molar-refractivity contribution is 6.36. The Morgan fingerprint density at radius 1 is 1.07 bits per heavy atom. The number of anilines is 1. The normalized spacial score (nSPS) is 11.7. The molecule has 3 rings (SSSR count). The van der Waals surface area contributed by atoms with E-state index in [1.807, 2.05) is 43.3 Å². The molecular weight excluding hydrogens is 393 g/mol. The van der Waals surface area contributed by atoms with Gasteiger partial charge in [0, 0.05) is 24.0 Å². The SMILES string of the molecule is Cc1ccccc1[C@@H](Nc1ccc(Cl)cc1Cl)C(=O)NCCc1ccncc1. The van der Waals surface area contributed by atoms with E-state index in [1.165, 1.54) is 0 Å². The maximum absolute atomic E-state index is 13.0. The quantitative estimate of drug-likeness (QED) is 0.558. The smallest absolute Gasteiger partial charge is 0.247 e. The summed E-state index contributed by atoms with van der Waals surface area (Å²) < 4.78 is 0. The van der Waals surface area contributed by atoms with Crippen molar-refractivity contribution >= 4 is 34.8 Å². The molecule has 0 aliphatic rings. The molecule has 2 aromatic carbocycles. The molecule has 1 atom stereocenters. The molecule has 0 fully saturated rings. The summed E-state index contributed by atoms with van der Waals surface area (Å²) in [6, 6.07) is 16.3. The Balaban J connectivity index is 1.77. The van der Waals surface area contributed by atoms with Crippen LogP contribution >= 0.6 is 23.2 Å². The average molecular weight is 414 g/mol. The standard InChI is InChI=1S/C22H21Cl2N3O/c1-15-4-2-3-5-18(15)21(27-20-7-6-17(23)14-19(20)24)22(28)26-13-10-16-8-11-25-12-9-16/h2-9,11-12,14,21,27H,10,13H2,1H3,(H,26,28)/t21-/m1/s1. The molecule has 0 saturated heterocycles. The van der Waals surface area contributed by atoms with Gasteiger partial charge in [0.05, 0.1) is 10.7 Å². The van der Waals surface area contributed by atoms with Crippen LogP contribution in [0.2, 0.25) is 10.0 Å². The Labute approximate surface area is 174 Å². The Hall–Kier alpha value is -2.56. The molecule has 0 aliphatic heterocycles. The topological polar surface area (TPSA) is 54.0 Å². The molecule has 0 radical (unpaired) electrons. The third kappa shape index (κ3) is 5.24. The monoisotopic (exact) mass is 413 g/mol. The second-order valence-electron chi connectivity index (χ2n) is 6.45. The molecule has 144 valence electrons. The van der Waals surface area contributed by atoms with Crippen molar-refractivity contribution in [1.82, 2.24) is 10.3 Å². The second kappa shape index (κ2) is 9.58. The van der Waals surface area contributed by atoms with Gasteiger partial charge in [0.25, 0.3) is 0 Å². The molecule has 28 heavy (non-hydrogen) atoms. The van der Waals surface area contributed by atoms with E-state index in [9.17, 15) is 4.79 Å². The molecule has 6 heteroatoms. The number of rotatable bonds is 7. The number of pyridine rings is 1. The van der Waals surface area contributed by atoms with Gasteiger partial charge in [-0.25, -0.2) is 0 Å². The van der Waals surface area contributed by atoms with Crippen molar-refractivity contribution < 1.29 is 4.79 Å². The van der Waals surface area contributed by atoms with E-state index in [0.717, 1.165) is 23.1 Å². The molecule has 2 N–H and O–H groups in total. The van der Waals surface area contributed by atoms with E-state index >= 15 is 0 Å². The Bertz CT molecular complexity index is 948. The lowest BCUT2D eigenvalue weighted by molar-refractivity contribution is -0.121. The van der Waals surface area contributed by atoms with Gasteiger partial charge < -0.3 is 10.6 Å². The van der Waals surface area contributed by atoms with Crippen LogP contribution in [0.5, 0.6) is 0 Å². The van der Waals surface area contributed by atoms with Crippen LogP contribution in [0.15, 0.2) is 67.0 Å². The van der Waals surface area contributed by atoms with Crippen molar-refractivity contribution in [3.63, 3.8) is 0 Å². The Kier molecular flexibility index (Phi) is 6.90. The lowest BCUT2D eigenvalue weighted by Gasteiger charge is -2.22. The van der Waals surface area contributed by atoms with E-state index in [1.54, 1.807) is 30.6 Å². The number of aromatic nitrogens is 1. The summed E-state index contributed by atoms with van der Waals surface area (Å²) in [4.78, 5) is 17.0. The highest BCUT2D eigenvalue weighted by Gasteiger charge is 2.22. The number of amides is 1. The number of carbonyl (C=O) groups excluding carboxylic acids is 1. The van der Waals surface area contributed by atoms with Gasteiger partial charge in [0.2, 0.25) is 5.91 Å². The number of benzene rings is 2. The van der Waals surface area contributed by atoms with E-state index in [2.05, 4.69) is 15.6 Å². The highest BCUT2D eigenvalue weighted by atomic mass is 35.5. The number of nitrogens with zero attached hydrogens (tertiary/aromatic N) is 1. The summed E-state index contributed by atoms with van der Waals surface area (Å²) in [5.41, 5.74) is 3.70. The van der Waals surface area contributed by atoms with Gasteiger partial charge in [0.1, 0.15) is 6.04 Å². The zero-order chi connectivity index (χ0) is 19.9. The van der Waals surface area contributed by atoms with E-state index in [4.69, 9.17) is 23.2 Å². The van der Waals surface area contributed by atoms with E-state index < -0.39 is 6.04 Å². The molecule has 1 aromatic heterocycles. The van der Waals surface area contributed by atoms with Crippen molar-refractivity contribution in [1.29, 1.82) is 0 Å². The first-order valence-corrected chi connectivity index (χ1v) is 9.74. The Morgan fingerprint density at radius 3 is 2.54 bits per heavy atom. The molecule has 0 spiro atoms. The summed E-state index contributed by atoms with van der Waals surface area (Å²) in [6.45, 7) is 2.51. The summed E-state index contributed by atoms with van der Waals surface area (Å²) in [5.74, 6) is -0.116. The second-order valence-corrected chi connectivity index (χ2v) is 7.30. The molecule has 1 heterocycles. The fourth-order valence-electron chi connectivity index (χ4n) is 2.94. The molecule has 4 nitrogen and oxygen atoms in total. The van der Waals surface area contributed by atoms with E-state index in [0.29, 0.717) is 22.3 Å². The fourth-order valence-corrected chi connectivity index (χ4v) is 3.40. The maximum Gasteiger partial charge on any atom is 0.247 e. The zero-order valence-corrected chi connectivity index (χ0v) is 17.0. The number of hydrogen-bond acceptors (Lipinski definition) is 3. The van der Waals surface area contributed by atoms with Gasteiger partial charge >= 0.3 is 0 Å². The van der Waals surface area contributed by atoms with Crippen molar-refractivity contribution in [3.05, 3.63) is 93.7 Å². The van der Waals surface area contributed by atoms with Crippen LogP contribution in [0.1, 0.15) is 22.7 Å². The van der Waals surface area contributed by atoms with Gasteiger partial charge in [-0.1, -0.05) is 47.5 Å². The van der Waals surface area contributed by atoms with Crippen LogP contribution < -0.4 is 10.6 Å². The first-order chi connectivity index (χ1) is 13.5. The first-order valence-electron chi connectivity index (χ1n) is 8.98.